The van der Waals surface area contributed by atoms with Crippen LogP contribution in [0.2, 0.25) is 0 Å². The average Bonchev–Trinajstić information content (AvgIpc) is 2.56. The summed E-state index contributed by atoms with van der Waals surface area (Å²) in [5, 5.41) is 3.12. The number of rotatable bonds is 5. The smallest absolute Gasteiger partial charge is 0.252 e. The van der Waals surface area contributed by atoms with Crippen LogP contribution in [0.5, 0.6) is 5.75 Å². The molecule has 0 saturated heterocycles. The van der Waals surface area contributed by atoms with E-state index in [2.05, 4.69) is 51.2 Å². The van der Waals surface area contributed by atoms with Crippen LogP contribution in [0.25, 0.3) is 0 Å². The molecule has 0 spiro atoms. The second kappa shape index (κ2) is 7.73. The van der Waals surface area contributed by atoms with E-state index in [0.29, 0.717) is 11.5 Å². The second-order valence-electron chi connectivity index (χ2n) is 7.10. The number of nitrogens with one attached hydrogen (secondary N) is 1. The third-order valence-electron chi connectivity index (χ3n) is 4.82. The molecule has 1 N–H and O–H groups in total. The number of hydrogen-bond donors (Lipinski definition) is 1. The zero-order valence-corrected chi connectivity index (χ0v) is 16.4. The Morgan fingerprint density at radius 3 is 2.20 bits per heavy atom. The van der Waals surface area contributed by atoms with Gasteiger partial charge in [-0.25, -0.2) is 0 Å². The maximum atomic E-state index is 12.8. The summed E-state index contributed by atoms with van der Waals surface area (Å²) in [5.74, 6) is 1.08. The molecule has 0 aliphatic rings. The molecule has 2 aromatic rings. The first-order valence-corrected chi connectivity index (χ1v) is 8.81. The van der Waals surface area contributed by atoms with Gasteiger partial charge in [-0.2, -0.15) is 0 Å². The van der Waals surface area contributed by atoms with Crippen molar-refractivity contribution in [2.24, 2.45) is 0 Å². The van der Waals surface area contributed by atoms with Gasteiger partial charge in [0.25, 0.3) is 5.91 Å². The van der Waals surface area contributed by atoms with Crippen LogP contribution in [0.4, 0.5) is 0 Å². The quantitative estimate of drug-likeness (QED) is 0.809. The Labute approximate surface area is 151 Å². The number of amides is 1. The molecule has 1 unspecified atom stereocenters. The van der Waals surface area contributed by atoms with Crippen LogP contribution >= 0.6 is 0 Å². The maximum Gasteiger partial charge on any atom is 0.252 e. The summed E-state index contributed by atoms with van der Waals surface area (Å²) in [7, 11) is 1.67. The van der Waals surface area contributed by atoms with Gasteiger partial charge in [0, 0.05) is 5.56 Å². The summed E-state index contributed by atoms with van der Waals surface area (Å²) >= 11 is 0. The summed E-state index contributed by atoms with van der Waals surface area (Å²) in [6, 6.07) is 10.2. The summed E-state index contributed by atoms with van der Waals surface area (Å²) in [5.41, 5.74) is 6.30. The third kappa shape index (κ3) is 4.22. The number of aryl methyl sites for hydroxylation is 3. The van der Waals surface area contributed by atoms with Crippen molar-refractivity contribution in [1.29, 1.82) is 0 Å². The standard InChI is InChI=1S/C22H29NO2/c1-13(2)19-12-20(16(5)11-21(19)25-7)22(24)23-17(6)18-9-8-14(3)15(4)10-18/h8-13,17H,1-7H3,(H,23,24). The Kier molecular flexibility index (Phi) is 5.89. The Morgan fingerprint density at radius 1 is 0.960 bits per heavy atom. The van der Waals surface area contributed by atoms with Crippen LogP contribution < -0.4 is 10.1 Å². The normalized spacial score (nSPS) is 12.2. The summed E-state index contributed by atoms with van der Waals surface area (Å²) < 4.78 is 5.47. The average molecular weight is 339 g/mol. The van der Waals surface area contributed by atoms with Gasteiger partial charge in [-0.15, -0.1) is 0 Å². The van der Waals surface area contributed by atoms with E-state index < -0.39 is 0 Å². The molecular weight excluding hydrogens is 310 g/mol. The monoisotopic (exact) mass is 339 g/mol. The fraction of sp³-hybridized carbons (Fsp3) is 0.409. The van der Waals surface area contributed by atoms with E-state index in [-0.39, 0.29) is 11.9 Å². The summed E-state index contributed by atoms with van der Waals surface area (Å²) in [4.78, 5) is 12.8. The Morgan fingerprint density at radius 2 is 1.64 bits per heavy atom. The van der Waals surface area contributed by atoms with Crippen molar-refractivity contribution in [3.63, 3.8) is 0 Å². The summed E-state index contributed by atoms with van der Waals surface area (Å²) in [6.07, 6.45) is 0. The molecule has 0 saturated carbocycles. The van der Waals surface area contributed by atoms with Crippen LogP contribution in [-0.2, 0) is 0 Å². The highest BCUT2D eigenvalue weighted by Gasteiger charge is 2.18. The van der Waals surface area contributed by atoms with Crippen LogP contribution in [0, 0.1) is 20.8 Å². The minimum atomic E-state index is -0.0484. The van der Waals surface area contributed by atoms with Gasteiger partial charge < -0.3 is 10.1 Å². The molecule has 134 valence electrons. The van der Waals surface area contributed by atoms with Gasteiger partial charge in [0.05, 0.1) is 13.2 Å². The molecule has 3 heteroatoms. The predicted molar refractivity (Wildman–Crippen MR) is 104 cm³/mol. The van der Waals surface area contributed by atoms with Gasteiger partial charge in [0.1, 0.15) is 5.75 Å². The van der Waals surface area contributed by atoms with E-state index in [4.69, 9.17) is 4.74 Å². The second-order valence-corrected chi connectivity index (χ2v) is 7.10. The minimum Gasteiger partial charge on any atom is -0.496 e. The molecule has 0 radical (unpaired) electrons. The molecule has 0 fully saturated rings. The van der Waals surface area contributed by atoms with E-state index in [1.807, 2.05) is 26.0 Å². The molecular formula is C22H29NO2. The highest BCUT2D eigenvalue weighted by Crippen LogP contribution is 2.30. The van der Waals surface area contributed by atoms with Crippen LogP contribution in [0.3, 0.4) is 0 Å². The molecule has 1 atom stereocenters. The van der Waals surface area contributed by atoms with E-state index in [1.54, 1.807) is 7.11 Å². The lowest BCUT2D eigenvalue weighted by atomic mass is 9.95. The predicted octanol–water partition coefficient (Wildman–Crippen LogP) is 5.23. The fourth-order valence-corrected chi connectivity index (χ4v) is 2.96. The van der Waals surface area contributed by atoms with Crippen molar-refractivity contribution < 1.29 is 9.53 Å². The first kappa shape index (κ1) is 19.0. The van der Waals surface area contributed by atoms with Gasteiger partial charge in [0.2, 0.25) is 0 Å². The molecule has 25 heavy (non-hydrogen) atoms. The van der Waals surface area contributed by atoms with E-state index in [0.717, 1.165) is 22.4 Å². The first-order valence-electron chi connectivity index (χ1n) is 8.81. The Hall–Kier alpha value is -2.29. The lowest BCUT2D eigenvalue weighted by molar-refractivity contribution is 0.0939. The van der Waals surface area contributed by atoms with Crippen LogP contribution in [0.1, 0.15) is 70.9 Å². The molecule has 0 aromatic heterocycles. The Bertz CT molecular complexity index is 778. The third-order valence-corrected chi connectivity index (χ3v) is 4.82. The lowest BCUT2D eigenvalue weighted by Crippen LogP contribution is -2.27. The summed E-state index contributed by atoms with van der Waals surface area (Å²) in [6.45, 7) is 12.4. The molecule has 0 aliphatic carbocycles. The zero-order chi connectivity index (χ0) is 18.7. The number of carbonyl (C=O) groups is 1. The van der Waals surface area contributed by atoms with Crippen LogP contribution in [-0.4, -0.2) is 13.0 Å². The molecule has 0 heterocycles. The number of carbonyl (C=O) groups excluding carboxylic acids is 1. The molecule has 3 nitrogen and oxygen atoms in total. The number of benzene rings is 2. The lowest BCUT2D eigenvalue weighted by Gasteiger charge is -2.19. The van der Waals surface area contributed by atoms with Gasteiger partial charge >= 0.3 is 0 Å². The highest BCUT2D eigenvalue weighted by atomic mass is 16.5. The van der Waals surface area contributed by atoms with Crippen LogP contribution in [0.15, 0.2) is 30.3 Å². The van der Waals surface area contributed by atoms with Crippen molar-refractivity contribution >= 4 is 5.91 Å². The number of methoxy groups -OCH3 is 1. The highest BCUT2D eigenvalue weighted by molar-refractivity contribution is 5.96. The van der Waals surface area contributed by atoms with Gasteiger partial charge in [-0.1, -0.05) is 32.0 Å². The van der Waals surface area contributed by atoms with E-state index >= 15 is 0 Å². The fourth-order valence-electron chi connectivity index (χ4n) is 2.96. The van der Waals surface area contributed by atoms with Crippen molar-refractivity contribution in [3.05, 3.63) is 63.7 Å². The van der Waals surface area contributed by atoms with Crippen molar-refractivity contribution in [2.75, 3.05) is 7.11 Å². The maximum absolute atomic E-state index is 12.8. The zero-order valence-electron chi connectivity index (χ0n) is 16.4. The SMILES string of the molecule is COc1cc(C)c(C(=O)NC(C)c2ccc(C)c(C)c2)cc1C(C)C. The van der Waals surface area contributed by atoms with Gasteiger partial charge in [0.15, 0.2) is 0 Å². The topological polar surface area (TPSA) is 38.3 Å². The first-order chi connectivity index (χ1) is 11.7. The molecule has 2 aromatic carbocycles. The van der Waals surface area contributed by atoms with Crippen molar-refractivity contribution in [1.82, 2.24) is 5.32 Å². The van der Waals surface area contributed by atoms with Crippen molar-refractivity contribution in [3.8, 4) is 5.75 Å². The molecule has 2 rings (SSSR count). The minimum absolute atomic E-state index is 0.0456. The molecule has 0 bridgehead atoms. The van der Waals surface area contributed by atoms with Gasteiger partial charge in [-0.05, 0) is 73.6 Å². The molecule has 0 aliphatic heterocycles. The van der Waals surface area contributed by atoms with E-state index in [9.17, 15) is 4.79 Å². The Balaban J connectivity index is 2.28. The number of hydrogen-bond acceptors (Lipinski definition) is 2. The van der Waals surface area contributed by atoms with E-state index in [1.165, 1.54) is 11.1 Å². The van der Waals surface area contributed by atoms with Gasteiger partial charge in [-0.3, -0.25) is 4.79 Å². The number of ether oxygens (including phenoxy) is 1. The molecule has 1 amide bonds. The van der Waals surface area contributed by atoms with Crippen molar-refractivity contribution in [2.45, 2.75) is 53.5 Å². The largest absolute Gasteiger partial charge is 0.496 e.